The minimum absolute atomic E-state index is 0.622. The molecule has 0 aliphatic carbocycles. The van der Waals surface area contributed by atoms with Crippen molar-refractivity contribution in [1.82, 2.24) is 4.90 Å². The molecule has 2 aromatic rings. The number of benzene rings is 1. The van der Waals surface area contributed by atoms with Crippen molar-refractivity contribution in [1.29, 1.82) is 0 Å². The van der Waals surface area contributed by atoms with E-state index < -0.39 is 0 Å². The third-order valence-corrected chi connectivity index (χ3v) is 4.72. The first-order valence-corrected chi connectivity index (χ1v) is 8.12. The van der Waals surface area contributed by atoms with Gasteiger partial charge in [0.25, 0.3) is 0 Å². The summed E-state index contributed by atoms with van der Waals surface area (Å²) in [5.74, 6) is 0.622. The molecule has 2 heteroatoms. The zero-order chi connectivity index (χ0) is 13.1. The molecule has 1 aromatic carbocycles. The van der Waals surface area contributed by atoms with Gasteiger partial charge >= 0.3 is 0 Å². The molecule has 0 radical (unpaired) electrons. The molecule has 0 N–H and O–H groups in total. The standard InChI is InChI=1S/C17H21NS/c1-14(12-18-8-2-3-9-18)15-5-4-6-16(11-15)17-7-10-19-13-17/h4-7,10-11,13-14H,2-3,8-9,12H2,1H3. The van der Waals surface area contributed by atoms with E-state index in [-0.39, 0.29) is 0 Å². The van der Waals surface area contributed by atoms with E-state index in [1.165, 1.54) is 49.2 Å². The van der Waals surface area contributed by atoms with Gasteiger partial charge in [0, 0.05) is 6.54 Å². The Hall–Kier alpha value is -1.12. The van der Waals surface area contributed by atoms with Crippen molar-refractivity contribution < 1.29 is 0 Å². The second-order valence-electron chi connectivity index (χ2n) is 5.55. The van der Waals surface area contributed by atoms with Crippen LogP contribution in [0.2, 0.25) is 0 Å². The van der Waals surface area contributed by atoms with Gasteiger partial charge in [-0.15, -0.1) is 0 Å². The zero-order valence-corrected chi connectivity index (χ0v) is 12.3. The van der Waals surface area contributed by atoms with Crippen LogP contribution in [-0.4, -0.2) is 24.5 Å². The Bertz CT molecular complexity index is 512. The Labute approximate surface area is 119 Å². The van der Waals surface area contributed by atoms with Gasteiger partial charge in [-0.25, -0.2) is 0 Å². The Balaban J connectivity index is 1.75. The smallest absolute Gasteiger partial charge is 0.00476 e. The molecule has 100 valence electrons. The Morgan fingerprint density at radius 2 is 2.00 bits per heavy atom. The van der Waals surface area contributed by atoms with Crippen molar-refractivity contribution >= 4 is 11.3 Å². The molecule has 1 aliphatic heterocycles. The van der Waals surface area contributed by atoms with Crippen LogP contribution in [0.15, 0.2) is 41.1 Å². The summed E-state index contributed by atoms with van der Waals surface area (Å²) in [4.78, 5) is 2.60. The van der Waals surface area contributed by atoms with Gasteiger partial charge in [0.05, 0.1) is 0 Å². The highest BCUT2D eigenvalue weighted by Crippen LogP contribution is 2.26. The third-order valence-electron chi connectivity index (χ3n) is 4.04. The molecular formula is C17H21NS. The molecule has 0 spiro atoms. The number of rotatable bonds is 4. The summed E-state index contributed by atoms with van der Waals surface area (Å²) in [5.41, 5.74) is 4.17. The highest BCUT2D eigenvalue weighted by atomic mass is 32.1. The first kappa shape index (κ1) is 12.9. The Morgan fingerprint density at radius 3 is 2.74 bits per heavy atom. The van der Waals surface area contributed by atoms with Gasteiger partial charge in [-0.2, -0.15) is 11.3 Å². The van der Waals surface area contributed by atoms with Gasteiger partial charge in [-0.1, -0.05) is 31.2 Å². The van der Waals surface area contributed by atoms with Crippen molar-refractivity contribution in [3.63, 3.8) is 0 Å². The lowest BCUT2D eigenvalue weighted by molar-refractivity contribution is 0.321. The minimum Gasteiger partial charge on any atom is -0.303 e. The third kappa shape index (κ3) is 3.07. The molecule has 1 unspecified atom stereocenters. The van der Waals surface area contributed by atoms with Gasteiger partial charge in [-0.3, -0.25) is 0 Å². The largest absolute Gasteiger partial charge is 0.303 e. The maximum atomic E-state index is 2.60. The molecule has 0 saturated carbocycles. The van der Waals surface area contributed by atoms with E-state index >= 15 is 0 Å². The van der Waals surface area contributed by atoms with E-state index in [0.717, 1.165) is 0 Å². The zero-order valence-electron chi connectivity index (χ0n) is 11.5. The lowest BCUT2D eigenvalue weighted by Crippen LogP contribution is -2.24. The van der Waals surface area contributed by atoms with E-state index in [1.54, 1.807) is 11.3 Å². The van der Waals surface area contributed by atoms with Gasteiger partial charge in [0.1, 0.15) is 0 Å². The number of hydrogen-bond donors (Lipinski definition) is 0. The molecular weight excluding hydrogens is 250 g/mol. The fourth-order valence-electron chi connectivity index (χ4n) is 2.91. The molecule has 0 amide bonds. The topological polar surface area (TPSA) is 3.24 Å². The molecule has 1 fully saturated rings. The number of nitrogens with zero attached hydrogens (tertiary/aromatic N) is 1. The first-order valence-electron chi connectivity index (χ1n) is 7.18. The van der Waals surface area contributed by atoms with Crippen LogP contribution < -0.4 is 0 Å². The number of hydrogen-bond acceptors (Lipinski definition) is 2. The first-order chi connectivity index (χ1) is 9.33. The van der Waals surface area contributed by atoms with Crippen LogP contribution in [-0.2, 0) is 0 Å². The molecule has 1 nitrogen and oxygen atoms in total. The Morgan fingerprint density at radius 1 is 1.16 bits per heavy atom. The van der Waals surface area contributed by atoms with Gasteiger partial charge in [0.15, 0.2) is 0 Å². The van der Waals surface area contributed by atoms with Crippen LogP contribution in [0.3, 0.4) is 0 Å². The van der Waals surface area contributed by atoms with Crippen molar-refractivity contribution in [2.24, 2.45) is 0 Å². The van der Waals surface area contributed by atoms with E-state index in [2.05, 4.69) is 52.9 Å². The normalized spacial score (nSPS) is 17.7. The second kappa shape index (κ2) is 5.89. The lowest BCUT2D eigenvalue weighted by Gasteiger charge is -2.20. The monoisotopic (exact) mass is 271 g/mol. The van der Waals surface area contributed by atoms with E-state index in [0.29, 0.717) is 5.92 Å². The average molecular weight is 271 g/mol. The van der Waals surface area contributed by atoms with Crippen LogP contribution >= 0.6 is 11.3 Å². The van der Waals surface area contributed by atoms with Crippen LogP contribution in [0.25, 0.3) is 11.1 Å². The van der Waals surface area contributed by atoms with Crippen LogP contribution in [0.5, 0.6) is 0 Å². The van der Waals surface area contributed by atoms with Gasteiger partial charge in [-0.05, 0) is 65.4 Å². The molecule has 1 aliphatic rings. The Kier molecular flexibility index (Phi) is 4.00. The van der Waals surface area contributed by atoms with Crippen LogP contribution in [0, 0.1) is 0 Å². The maximum Gasteiger partial charge on any atom is 0.00476 e. The predicted molar refractivity (Wildman–Crippen MR) is 83.8 cm³/mol. The molecule has 1 aromatic heterocycles. The highest BCUT2D eigenvalue weighted by molar-refractivity contribution is 7.08. The van der Waals surface area contributed by atoms with Gasteiger partial charge in [0.2, 0.25) is 0 Å². The summed E-state index contributed by atoms with van der Waals surface area (Å²) in [6.45, 7) is 6.13. The summed E-state index contributed by atoms with van der Waals surface area (Å²) in [6.07, 6.45) is 2.75. The van der Waals surface area contributed by atoms with E-state index in [9.17, 15) is 0 Å². The van der Waals surface area contributed by atoms with Gasteiger partial charge < -0.3 is 4.90 Å². The molecule has 1 atom stereocenters. The van der Waals surface area contributed by atoms with E-state index in [4.69, 9.17) is 0 Å². The molecule has 0 bridgehead atoms. The maximum absolute atomic E-state index is 2.60. The predicted octanol–water partition coefficient (Wildman–Crippen LogP) is 4.61. The lowest BCUT2D eigenvalue weighted by atomic mass is 9.97. The minimum atomic E-state index is 0.622. The number of thiophene rings is 1. The van der Waals surface area contributed by atoms with Crippen LogP contribution in [0.4, 0.5) is 0 Å². The fraction of sp³-hybridized carbons (Fsp3) is 0.412. The highest BCUT2D eigenvalue weighted by Gasteiger charge is 2.16. The summed E-state index contributed by atoms with van der Waals surface area (Å²) in [7, 11) is 0. The quantitative estimate of drug-likeness (QED) is 0.784. The number of likely N-dealkylation sites (tertiary alicyclic amines) is 1. The molecule has 3 rings (SSSR count). The molecule has 19 heavy (non-hydrogen) atoms. The summed E-state index contributed by atoms with van der Waals surface area (Å²) in [5, 5.41) is 4.37. The summed E-state index contributed by atoms with van der Waals surface area (Å²) in [6, 6.07) is 11.3. The van der Waals surface area contributed by atoms with Crippen molar-refractivity contribution in [3.8, 4) is 11.1 Å². The fourth-order valence-corrected chi connectivity index (χ4v) is 3.58. The van der Waals surface area contributed by atoms with E-state index in [1.807, 2.05) is 0 Å². The molecule has 1 saturated heterocycles. The van der Waals surface area contributed by atoms with Crippen molar-refractivity contribution in [2.75, 3.05) is 19.6 Å². The van der Waals surface area contributed by atoms with Crippen molar-refractivity contribution in [3.05, 3.63) is 46.7 Å². The second-order valence-corrected chi connectivity index (χ2v) is 6.33. The van der Waals surface area contributed by atoms with Crippen molar-refractivity contribution in [2.45, 2.75) is 25.7 Å². The SMILES string of the molecule is CC(CN1CCCC1)c1cccc(-c2ccsc2)c1. The van der Waals surface area contributed by atoms with Crippen LogP contribution in [0.1, 0.15) is 31.2 Å². The average Bonchev–Trinajstić information content (AvgIpc) is 3.12. The molecule has 2 heterocycles. The summed E-state index contributed by atoms with van der Waals surface area (Å²) >= 11 is 1.77. The summed E-state index contributed by atoms with van der Waals surface area (Å²) < 4.78 is 0.